The molecule has 2 aromatic rings. The number of amides is 2. The fourth-order valence-electron chi connectivity index (χ4n) is 2.62. The summed E-state index contributed by atoms with van der Waals surface area (Å²) in [5.41, 5.74) is 1.89. The smallest absolute Gasteiger partial charge is 0.266 e. The predicted octanol–water partition coefficient (Wildman–Crippen LogP) is 2.82. The molecule has 0 aromatic heterocycles. The topological polar surface area (TPSA) is 83.6 Å². The van der Waals surface area contributed by atoms with Crippen molar-refractivity contribution in [2.24, 2.45) is 0 Å². The lowest BCUT2D eigenvalue weighted by molar-refractivity contribution is 0.0926. The van der Waals surface area contributed by atoms with Crippen molar-refractivity contribution >= 4 is 44.8 Å². The fraction of sp³-hybridized carbons (Fsp3) is 0.125. The van der Waals surface area contributed by atoms with E-state index in [-0.39, 0.29) is 5.56 Å². The third kappa shape index (κ3) is 2.88. The van der Waals surface area contributed by atoms with Crippen LogP contribution in [-0.4, -0.2) is 26.5 Å². The van der Waals surface area contributed by atoms with Gasteiger partial charge in [0.1, 0.15) is 0 Å². The van der Waals surface area contributed by atoms with Gasteiger partial charge in [0.2, 0.25) is 10.0 Å². The van der Waals surface area contributed by atoms with Crippen LogP contribution in [0.15, 0.2) is 36.4 Å². The Morgan fingerprint density at radius 2 is 1.67 bits per heavy atom. The van der Waals surface area contributed by atoms with Gasteiger partial charge in [-0.3, -0.25) is 14.3 Å². The lowest BCUT2D eigenvalue weighted by Crippen LogP contribution is -2.30. The third-order valence-corrected chi connectivity index (χ3v) is 4.43. The average molecular weight is 365 g/mol. The summed E-state index contributed by atoms with van der Waals surface area (Å²) in [5, 5.41) is 0.376. The van der Waals surface area contributed by atoms with Crippen LogP contribution in [0.1, 0.15) is 26.3 Å². The lowest BCUT2D eigenvalue weighted by Gasteiger charge is -2.17. The van der Waals surface area contributed by atoms with E-state index >= 15 is 0 Å². The zero-order valence-electron chi connectivity index (χ0n) is 12.8. The number of fused-ring (bicyclic) bond motifs is 1. The van der Waals surface area contributed by atoms with Crippen LogP contribution < -0.4 is 9.62 Å². The predicted molar refractivity (Wildman–Crippen MR) is 92.2 cm³/mol. The van der Waals surface area contributed by atoms with E-state index in [0.29, 0.717) is 27.5 Å². The minimum atomic E-state index is -3.41. The van der Waals surface area contributed by atoms with E-state index in [0.717, 1.165) is 11.2 Å². The minimum absolute atomic E-state index is 0.255. The van der Waals surface area contributed by atoms with Crippen LogP contribution in [0, 0.1) is 6.92 Å². The van der Waals surface area contributed by atoms with Gasteiger partial charge < -0.3 is 0 Å². The van der Waals surface area contributed by atoms with Crippen LogP contribution >= 0.6 is 11.6 Å². The molecule has 1 heterocycles. The first kappa shape index (κ1) is 16.5. The van der Waals surface area contributed by atoms with E-state index in [1.54, 1.807) is 19.1 Å². The molecule has 2 aromatic carbocycles. The van der Waals surface area contributed by atoms with E-state index in [1.807, 2.05) is 0 Å². The number of nitrogens with zero attached hydrogens (tertiary/aromatic N) is 1. The molecule has 24 heavy (non-hydrogen) atoms. The molecule has 0 spiro atoms. The molecule has 0 aliphatic carbocycles. The van der Waals surface area contributed by atoms with Gasteiger partial charge in [0.25, 0.3) is 11.8 Å². The zero-order valence-corrected chi connectivity index (χ0v) is 14.4. The Labute approximate surface area is 144 Å². The fourth-order valence-corrected chi connectivity index (χ4v) is 3.34. The summed E-state index contributed by atoms with van der Waals surface area (Å²) in [7, 11) is -3.41. The van der Waals surface area contributed by atoms with Gasteiger partial charge in [0.15, 0.2) is 0 Å². The van der Waals surface area contributed by atoms with Gasteiger partial charge in [-0.15, -0.1) is 0 Å². The molecule has 6 nitrogen and oxygen atoms in total. The normalized spacial score (nSPS) is 14.0. The van der Waals surface area contributed by atoms with Gasteiger partial charge in [-0.25, -0.2) is 13.3 Å². The summed E-state index contributed by atoms with van der Waals surface area (Å²) in [6.45, 7) is 1.69. The molecule has 0 saturated carbocycles. The second-order valence-electron chi connectivity index (χ2n) is 5.51. The molecule has 0 radical (unpaired) electrons. The quantitative estimate of drug-likeness (QED) is 0.849. The van der Waals surface area contributed by atoms with Gasteiger partial charge in [0, 0.05) is 10.7 Å². The summed E-state index contributed by atoms with van der Waals surface area (Å²) >= 11 is 5.90. The molecule has 3 rings (SSSR count). The molecular formula is C16H13ClN2O4S. The molecule has 2 amide bonds. The highest BCUT2D eigenvalue weighted by Crippen LogP contribution is 2.33. The van der Waals surface area contributed by atoms with Crippen LogP contribution in [0.5, 0.6) is 0 Å². The second-order valence-corrected chi connectivity index (χ2v) is 7.70. The van der Waals surface area contributed by atoms with E-state index in [9.17, 15) is 18.0 Å². The number of aryl methyl sites for hydroxylation is 1. The first-order valence-corrected chi connectivity index (χ1v) is 9.21. The highest BCUT2D eigenvalue weighted by molar-refractivity contribution is 7.92. The van der Waals surface area contributed by atoms with E-state index < -0.39 is 21.8 Å². The number of rotatable bonds is 3. The molecular weight excluding hydrogens is 352 g/mol. The first-order valence-electron chi connectivity index (χ1n) is 6.94. The molecule has 0 unspecified atom stereocenters. The van der Waals surface area contributed by atoms with Crippen LogP contribution in [0.3, 0.4) is 0 Å². The summed E-state index contributed by atoms with van der Waals surface area (Å²) < 4.78 is 24.9. The summed E-state index contributed by atoms with van der Waals surface area (Å²) in [6, 6.07) is 9.14. The molecule has 0 saturated heterocycles. The van der Waals surface area contributed by atoms with Gasteiger partial charge in [-0.1, -0.05) is 11.6 Å². The third-order valence-electron chi connectivity index (χ3n) is 3.59. The van der Waals surface area contributed by atoms with Gasteiger partial charge >= 0.3 is 0 Å². The largest absolute Gasteiger partial charge is 0.284 e. The van der Waals surface area contributed by atoms with Crippen LogP contribution in [0.25, 0.3) is 0 Å². The molecule has 0 bridgehead atoms. The van der Waals surface area contributed by atoms with E-state index in [1.165, 1.54) is 24.3 Å². The Hall–Kier alpha value is -2.38. The Bertz CT molecular complexity index is 986. The number of imide groups is 1. The minimum Gasteiger partial charge on any atom is -0.284 e. The summed E-state index contributed by atoms with van der Waals surface area (Å²) in [4.78, 5) is 26.2. The van der Waals surface area contributed by atoms with Crippen LogP contribution in [-0.2, 0) is 10.0 Å². The maximum Gasteiger partial charge on any atom is 0.266 e. The molecule has 1 aliphatic rings. The number of hydrogen-bond donors (Lipinski definition) is 1. The van der Waals surface area contributed by atoms with E-state index in [4.69, 9.17) is 11.6 Å². The van der Waals surface area contributed by atoms with Crippen LogP contribution in [0.2, 0.25) is 5.02 Å². The van der Waals surface area contributed by atoms with Crippen molar-refractivity contribution in [3.63, 3.8) is 0 Å². The zero-order chi connectivity index (χ0) is 17.6. The van der Waals surface area contributed by atoms with Gasteiger partial charge in [0.05, 0.1) is 23.1 Å². The van der Waals surface area contributed by atoms with Crippen molar-refractivity contribution in [1.82, 2.24) is 0 Å². The Morgan fingerprint density at radius 1 is 1.00 bits per heavy atom. The highest BCUT2D eigenvalue weighted by atomic mass is 35.5. The maximum absolute atomic E-state index is 12.6. The van der Waals surface area contributed by atoms with Crippen molar-refractivity contribution in [3.05, 3.63) is 58.1 Å². The number of anilines is 2. The second kappa shape index (κ2) is 5.61. The Kier molecular flexibility index (Phi) is 3.85. The molecule has 0 atom stereocenters. The SMILES string of the molecule is Cc1cc(NS(C)(=O)=O)ccc1N1C(=O)c2ccc(Cl)cc2C1=O. The average Bonchev–Trinajstić information content (AvgIpc) is 2.70. The molecule has 1 N–H and O–H groups in total. The number of nitrogens with one attached hydrogen (secondary N) is 1. The van der Waals surface area contributed by atoms with Gasteiger partial charge in [-0.05, 0) is 48.9 Å². The number of sulfonamides is 1. The monoisotopic (exact) mass is 364 g/mol. The summed E-state index contributed by atoms with van der Waals surface area (Å²) in [6.07, 6.45) is 1.05. The van der Waals surface area contributed by atoms with Crippen molar-refractivity contribution < 1.29 is 18.0 Å². The van der Waals surface area contributed by atoms with Gasteiger partial charge in [-0.2, -0.15) is 0 Å². The molecule has 124 valence electrons. The molecule has 0 fully saturated rings. The number of benzene rings is 2. The molecule has 8 heteroatoms. The number of halogens is 1. The van der Waals surface area contributed by atoms with Crippen LogP contribution in [0.4, 0.5) is 11.4 Å². The van der Waals surface area contributed by atoms with Crippen molar-refractivity contribution in [2.45, 2.75) is 6.92 Å². The number of carbonyl (C=O) groups excluding carboxylic acids is 2. The highest BCUT2D eigenvalue weighted by Gasteiger charge is 2.37. The van der Waals surface area contributed by atoms with Crippen molar-refractivity contribution in [2.75, 3.05) is 15.9 Å². The Balaban J connectivity index is 2.02. The standard InChI is InChI=1S/C16H13ClN2O4S/c1-9-7-11(18-24(2,22)23)4-6-14(9)19-15(20)12-5-3-10(17)8-13(12)16(19)21/h3-8,18H,1-2H3. The Morgan fingerprint density at radius 3 is 2.29 bits per heavy atom. The van der Waals surface area contributed by atoms with Crippen molar-refractivity contribution in [1.29, 1.82) is 0 Å². The number of carbonyl (C=O) groups is 2. The van der Waals surface area contributed by atoms with Crippen molar-refractivity contribution in [3.8, 4) is 0 Å². The lowest BCUT2D eigenvalue weighted by atomic mass is 10.1. The molecule has 1 aliphatic heterocycles. The maximum atomic E-state index is 12.6. The van der Waals surface area contributed by atoms with E-state index in [2.05, 4.69) is 4.72 Å². The summed E-state index contributed by atoms with van der Waals surface area (Å²) in [5.74, 6) is -0.886. The number of hydrogen-bond acceptors (Lipinski definition) is 4. The first-order chi connectivity index (χ1) is 11.2.